The molecule has 92 valence electrons. The van der Waals surface area contributed by atoms with E-state index in [1.165, 1.54) is 24.8 Å². The van der Waals surface area contributed by atoms with Crippen molar-refractivity contribution in [3.63, 3.8) is 0 Å². The number of likely N-dealkylation sites (tertiary alicyclic amines) is 1. The van der Waals surface area contributed by atoms with E-state index < -0.39 is 0 Å². The Morgan fingerprint density at radius 3 is 2.47 bits per heavy atom. The smallest absolute Gasteiger partial charge is 0.223 e. The van der Waals surface area contributed by atoms with Gasteiger partial charge in [-0.05, 0) is 30.7 Å². The van der Waals surface area contributed by atoms with Gasteiger partial charge in [0.05, 0.1) is 0 Å². The lowest BCUT2D eigenvalue weighted by Gasteiger charge is -2.27. The van der Waals surface area contributed by atoms with E-state index in [0.717, 1.165) is 13.1 Å². The second-order valence-corrected chi connectivity index (χ2v) is 4.96. The molecule has 1 aromatic rings. The Kier molecular flexibility index (Phi) is 4.18. The molecule has 0 unspecified atom stereocenters. The fraction of sp³-hybridized carbons (Fsp3) is 0.533. The average molecular weight is 231 g/mol. The highest BCUT2D eigenvalue weighted by Gasteiger charge is 2.19. The molecule has 1 aliphatic rings. The van der Waals surface area contributed by atoms with Gasteiger partial charge in [-0.1, -0.05) is 37.3 Å². The Bertz CT molecular complexity index is 354. The maximum atomic E-state index is 12.1. The van der Waals surface area contributed by atoms with Crippen molar-refractivity contribution in [1.82, 2.24) is 4.90 Å². The van der Waals surface area contributed by atoms with Gasteiger partial charge in [0.25, 0.3) is 0 Å². The first-order chi connectivity index (χ1) is 8.27. The van der Waals surface area contributed by atoms with Crippen molar-refractivity contribution in [3.05, 3.63) is 35.9 Å². The summed E-state index contributed by atoms with van der Waals surface area (Å²) in [7, 11) is 0. The van der Waals surface area contributed by atoms with Gasteiger partial charge in [0.2, 0.25) is 5.91 Å². The summed E-state index contributed by atoms with van der Waals surface area (Å²) >= 11 is 0. The lowest BCUT2D eigenvalue weighted by Crippen LogP contribution is -2.36. The van der Waals surface area contributed by atoms with Crippen molar-refractivity contribution in [2.45, 2.75) is 38.5 Å². The van der Waals surface area contributed by atoms with Crippen LogP contribution in [0, 0.1) is 0 Å². The van der Waals surface area contributed by atoms with Crippen molar-refractivity contribution < 1.29 is 4.79 Å². The number of nitrogens with zero attached hydrogens (tertiary/aromatic N) is 1. The Morgan fingerprint density at radius 2 is 1.82 bits per heavy atom. The molecule has 1 saturated heterocycles. The molecule has 2 nitrogen and oxygen atoms in total. The fourth-order valence-electron chi connectivity index (χ4n) is 2.43. The van der Waals surface area contributed by atoms with Gasteiger partial charge in [0, 0.05) is 19.5 Å². The van der Waals surface area contributed by atoms with Gasteiger partial charge >= 0.3 is 0 Å². The van der Waals surface area contributed by atoms with E-state index in [0.29, 0.717) is 18.2 Å². The third-order valence-electron chi connectivity index (χ3n) is 3.56. The molecule has 0 radical (unpaired) electrons. The minimum Gasteiger partial charge on any atom is -0.343 e. The molecule has 17 heavy (non-hydrogen) atoms. The lowest BCUT2D eigenvalue weighted by molar-refractivity contribution is -0.132. The number of amides is 1. The third kappa shape index (κ3) is 3.32. The summed E-state index contributed by atoms with van der Waals surface area (Å²) in [5, 5.41) is 0. The number of benzene rings is 1. The molecule has 2 heteroatoms. The van der Waals surface area contributed by atoms with E-state index in [9.17, 15) is 4.79 Å². The first-order valence-electron chi connectivity index (χ1n) is 6.60. The highest BCUT2D eigenvalue weighted by molar-refractivity contribution is 5.77. The van der Waals surface area contributed by atoms with E-state index in [4.69, 9.17) is 0 Å². The molecule has 1 atom stereocenters. The third-order valence-corrected chi connectivity index (χ3v) is 3.56. The van der Waals surface area contributed by atoms with Crippen LogP contribution in [0.2, 0.25) is 0 Å². The molecular weight excluding hydrogens is 210 g/mol. The van der Waals surface area contributed by atoms with Gasteiger partial charge in [-0.25, -0.2) is 0 Å². The number of hydrogen-bond donors (Lipinski definition) is 0. The first-order valence-corrected chi connectivity index (χ1v) is 6.60. The second-order valence-electron chi connectivity index (χ2n) is 4.96. The first kappa shape index (κ1) is 12.2. The van der Waals surface area contributed by atoms with Crippen LogP contribution in [0.3, 0.4) is 0 Å². The maximum Gasteiger partial charge on any atom is 0.223 e. The number of carbonyl (C=O) groups excluding carboxylic acids is 1. The molecule has 1 fully saturated rings. The largest absolute Gasteiger partial charge is 0.343 e. The van der Waals surface area contributed by atoms with Gasteiger partial charge in [0.1, 0.15) is 0 Å². The fourth-order valence-corrected chi connectivity index (χ4v) is 2.43. The SMILES string of the molecule is C[C@@H](CC(=O)N1CCCCC1)c1ccccc1. The molecule has 0 aliphatic carbocycles. The highest BCUT2D eigenvalue weighted by atomic mass is 16.2. The summed E-state index contributed by atoms with van der Waals surface area (Å²) in [6.45, 7) is 4.05. The number of carbonyl (C=O) groups is 1. The molecule has 1 aliphatic heterocycles. The van der Waals surface area contributed by atoms with Crippen LogP contribution in [0.15, 0.2) is 30.3 Å². The second kappa shape index (κ2) is 5.85. The summed E-state index contributed by atoms with van der Waals surface area (Å²) in [6, 6.07) is 10.3. The van der Waals surface area contributed by atoms with E-state index in [1.54, 1.807) is 0 Å². The van der Waals surface area contributed by atoms with Crippen molar-refractivity contribution >= 4 is 5.91 Å². The van der Waals surface area contributed by atoms with Gasteiger partial charge < -0.3 is 4.90 Å². The van der Waals surface area contributed by atoms with Gasteiger partial charge in [-0.2, -0.15) is 0 Å². The summed E-state index contributed by atoms with van der Waals surface area (Å²) in [6.07, 6.45) is 4.26. The van der Waals surface area contributed by atoms with Crippen LogP contribution >= 0.6 is 0 Å². The molecule has 1 amide bonds. The van der Waals surface area contributed by atoms with Crippen LogP contribution < -0.4 is 0 Å². The van der Waals surface area contributed by atoms with Crippen LogP contribution in [0.25, 0.3) is 0 Å². The topological polar surface area (TPSA) is 20.3 Å². The van der Waals surface area contributed by atoms with Crippen molar-refractivity contribution in [3.8, 4) is 0 Å². The van der Waals surface area contributed by atoms with E-state index in [-0.39, 0.29) is 0 Å². The molecule has 0 aromatic heterocycles. The predicted molar refractivity (Wildman–Crippen MR) is 69.9 cm³/mol. The quantitative estimate of drug-likeness (QED) is 0.782. The summed E-state index contributed by atoms with van der Waals surface area (Å²) < 4.78 is 0. The molecule has 0 spiro atoms. The lowest BCUT2D eigenvalue weighted by atomic mass is 9.97. The zero-order valence-electron chi connectivity index (χ0n) is 10.6. The predicted octanol–water partition coefficient (Wildman–Crippen LogP) is 3.19. The van der Waals surface area contributed by atoms with Crippen LogP contribution in [0.1, 0.15) is 44.1 Å². The zero-order chi connectivity index (χ0) is 12.1. The Labute approximate surface area is 104 Å². The molecule has 0 bridgehead atoms. The number of piperidine rings is 1. The highest BCUT2D eigenvalue weighted by Crippen LogP contribution is 2.20. The Balaban J connectivity index is 1.89. The number of hydrogen-bond acceptors (Lipinski definition) is 1. The molecule has 0 saturated carbocycles. The zero-order valence-corrected chi connectivity index (χ0v) is 10.6. The van der Waals surface area contributed by atoms with Gasteiger partial charge in [-0.15, -0.1) is 0 Å². The Morgan fingerprint density at radius 1 is 1.18 bits per heavy atom. The summed E-state index contributed by atoms with van der Waals surface area (Å²) in [5.41, 5.74) is 1.26. The molecular formula is C15H21NO. The normalized spacial score (nSPS) is 17.8. The molecule has 0 N–H and O–H groups in total. The maximum absolute atomic E-state index is 12.1. The van der Waals surface area contributed by atoms with Crippen LogP contribution in [-0.2, 0) is 4.79 Å². The van der Waals surface area contributed by atoms with Crippen molar-refractivity contribution in [2.24, 2.45) is 0 Å². The van der Waals surface area contributed by atoms with Gasteiger partial charge in [-0.3, -0.25) is 4.79 Å². The van der Waals surface area contributed by atoms with Crippen LogP contribution in [0.5, 0.6) is 0 Å². The molecule has 1 heterocycles. The Hall–Kier alpha value is -1.31. The van der Waals surface area contributed by atoms with Crippen molar-refractivity contribution in [1.29, 1.82) is 0 Å². The minimum absolute atomic E-state index is 0.320. The average Bonchev–Trinajstić information content (AvgIpc) is 2.40. The minimum atomic E-state index is 0.320. The molecule has 2 rings (SSSR count). The van der Waals surface area contributed by atoms with Gasteiger partial charge in [0.15, 0.2) is 0 Å². The monoisotopic (exact) mass is 231 g/mol. The van der Waals surface area contributed by atoms with Crippen LogP contribution in [0.4, 0.5) is 0 Å². The standard InChI is InChI=1S/C15H21NO/c1-13(14-8-4-2-5-9-14)12-15(17)16-10-6-3-7-11-16/h2,4-5,8-9,13H,3,6-7,10-12H2,1H3/t13-/m0/s1. The van der Waals surface area contributed by atoms with E-state index >= 15 is 0 Å². The van der Waals surface area contributed by atoms with Crippen LogP contribution in [-0.4, -0.2) is 23.9 Å². The van der Waals surface area contributed by atoms with E-state index in [2.05, 4.69) is 19.1 Å². The van der Waals surface area contributed by atoms with E-state index in [1.807, 2.05) is 23.1 Å². The van der Waals surface area contributed by atoms with Crippen molar-refractivity contribution in [2.75, 3.05) is 13.1 Å². The molecule has 1 aromatic carbocycles. The summed E-state index contributed by atoms with van der Waals surface area (Å²) in [5.74, 6) is 0.645. The number of rotatable bonds is 3. The summed E-state index contributed by atoms with van der Waals surface area (Å²) in [4.78, 5) is 14.1.